The molecule has 0 bridgehead atoms. The summed E-state index contributed by atoms with van der Waals surface area (Å²) in [6, 6.07) is 38.7. The van der Waals surface area contributed by atoms with Crippen LogP contribution >= 0.6 is 0 Å². The van der Waals surface area contributed by atoms with Crippen LogP contribution in [0.2, 0.25) is 0 Å². The molecule has 0 N–H and O–H groups in total. The first-order valence-corrected chi connectivity index (χ1v) is 14.8. The summed E-state index contributed by atoms with van der Waals surface area (Å²) < 4.78 is 22.7. The van der Waals surface area contributed by atoms with Crippen molar-refractivity contribution in [1.82, 2.24) is 0 Å². The van der Waals surface area contributed by atoms with Crippen LogP contribution in [0.15, 0.2) is 156 Å². The van der Waals surface area contributed by atoms with Crippen LogP contribution in [0.1, 0.15) is 34.1 Å². The van der Waals surface area contributed by atoms with Gasteiger partial charge in [0, 0.05) is 23.0 Å². The van der Waals surface area contributed by atoms with Crippen LogP contribution in [0.3, 0.4) is 0 Å². The topological polar surface area (TPSA) is 88.1 Å². The lowest BCUT2D eigenvalue weighted by Gasteiger charge is -2.38. The van der Waals surface area contributed by atoms with Crippen LogP contribution in [-0.4, -0.2) is 44.7 Å². The van der Waals surface area contributed by atoms with E-state index in [9.17, 15) is 9.59 Å². The second-order valence-electron chi connectivity index (χ2n) is 10.9. The van der Waals surface area contributed by atoms with Gasteiger partial charge in [0.2, 0.25) is 11.5 Å². The van der Waals surface area contributed by atoms with E-state index in [1.807, 2.05) is 127 Å². The summed E-state index contributed by atoms with van der Waals surface area (Å²) >= 11 is 0. The zero-order chi connectivity index (χ0) is 32.3. The van der Waals surface area contributed by atoms with Gasteiger partial charge in [0.15, 0.2) is 5.76 Å². The summed E-state index contributed by atoms with van der Waals surface area (Å²) in [6.45, 7) is 0. The van der Waals surface area contributed by atoms with E-state index in [1.54, 1.807) is 0 Å². The second-order valence-corrected chi connectivity index (χ2v) is 10.9. The van der Waals surface area contributed by atoms with Crippen LogP contribution in [0, 0.1) is 0 Å². The Bertz CT molecular complexity index is 1780. The van der Waals surface area contributed by atoms with Gasteiger partial charge in [0.05, 0.1) is 21.3 Å². The molecule has 4 aromatic carbocycles. The molecule has 1 aliphatic heterocycles. The monoisotopic (exact) mass is 612 g/mol. The molecule has 7 heteroatoms. The third kappa shape index (κ3) is 5.00. The van der Waals surface area contributed by atoms with Crippen molar-refractivity contribution in [3.05, 3.63) is 178 Å². The van der Waals surface area contributed by atoms with E-state index in [0.717, 1.165) is 22.3 Å². The third-order valence-electron chi connectivity index (χ3n) is 8.44. The average molecular weight is 613 g/mol. The van der Waals surface area contributed by atoms with E-state index in [-0.39, 0.29) is 11.3 Å². The van der Waals surface area contributed by atoms with Crippen molar-refractivity contribution < 1.29 is 33.3 Å². The highest BCUT2D eigenvalue weighted by Gasteiger charge is 2.64. The minimum atomic E-state index is -2.31. The van der Waals surface area contributed by atoms with E-state index in [2.05, 4.69) is 0 Å². The fourth-order valence-corrected chi connectivity index (χ4v) is 6.53. The van der Waals surface area contributed by atoms with Crippen molar-refractivity contribution in [2.24, 2.45) is 0 Å². The minimum absolute atomic E-state index is 0.000343. The summed E-state index contributed by atoms with van der Waals surface area (Å²) in [5, 5.41) is 0. The van der Waals surface area contributed by atoms with E-state index in [1.165, 1.54) is 21.3 Å². The molecule has 1 spiro atoms. The van der Waals surface area contributed by atoms with Gasteiger partial charge in [-0.2, -0.15) is 0 Å². The smallest absolute Gasteiger partial charge is 0.376 e. The molecule has 6 rings (SSSR count). The summed E-state index contributed by atoms with van der Waals surface area (Å²) in [7, 11) is 3.82. The van der Waals surface area contributed by atoms with Gasteiger partial charge in [0.25, 0.3) is 5.60 Å². The Morgan fingerprint density at radius 2 is 1.07 bits per heavy atom. The number of esters is 2. The molecule has 4 aromatic rings. The number of Topliss-reactive ketones (excluding diaryl/α,β-unsaturated/α-hetero) is 1. The summed E-state index contributed by atoms with van der Waals surface area (Å²) in [4.78, 5) is 42.3. The van der Waals surface area contributed by atoms with Gasteiger partial charge >= 0.3 is 11.9 Å². The van der Waals surface area contributed by atoms with Crippen LogP contribution in [0.25, 0.3) is 0 Å². The zero-order valence-corrected chi connectivity index (χ0v) is 25.6. The molecule has 0 saturated heterocycles. The SMILES string of the molecule is COC(=O)C1=C(OC)C(=O)OC12C(=O)C(C(c1ccccc1)c1ccccc1)=CC(C(c1ccccc1)c1ccccc1)=C2OC. The number of hydrogen-bond donors (Lipinski definition) is 0. The Labute approximate surface area is 267 Å². The standard InChI is InChI=1S/C39H32O7/c1-43-34-33(37(41)45-3)39(46-38(34)42)35(40)29(31(25-16-8-4-9-17-25)26-18-10-5-11-19-26)24-30(36(39)44-2)32(27-20-12-6-13-21-27)28-22-14-7-15-23-28/h4-24,31-32H,1-3H3. The van der Waals surface area contributed by atoms with Gasteiger partial charge in [-0.25, -0.2) is 9.59 Å². The number of benzene rings is 4. The number of ketones is 1. The Hall–Kier alpha value is -5.69. The first kappa shape index (κ1) is 30.3. The molecular weight excluding hydrogens is 580 g/mol. The maximum Gasteiger partial charge on any atom is 0.376 e. The van der Waals surface area contributed by atoms with E-state index in [0.29, 0.717) is 11.1 Å². The van der Waals surface area contributed by atoms with Gasteiger partial charge in [-0.3, -0.25) is 4.79 Å². The molecule has 1 atom stereocenters. The van der Waals surface area contributed by atoms with Gasteiger partial charge in [0.1, 0.15) is 5.57 Å². The number of carbonyl (C=O) groups is 3. The predicted molar refractivity (Wildman–Crippen MR) is 171 cm³/mol. The largest absolute Gasteiger partial charge is 0.496 e. The molecule has 7 nitrogen and oxygen atoms in total. The first-order chi connectivity index (χ1) is 22.5. The van der Waals surface area contributed by atoms with Gasteiger partial charge < -0.3 is 18.9 Å². The molecule has 1 unspecified atom stereocenters. The molecule has 0 aromatic heterocycles. The van der Waals surface area contributed by atoms with E-state index in [4.69, 9.17) is 18.9 Å². The number of hydrogen-bond acceptors (Lipinski definition) is 7. The normalized spacial score (nSPS) is 17.8. The highest BCUT2D eigenvalue weighted by molar-refractivity contribution is 6.20. The quantitative estimate of drug-likeness (QED) is 0.201. The van der Waals surface area contributed by atoms with Crippen molar-refractivity contribution in [3.63, 3.8) is 0 Å². The first-order valence-electron chi connectivity index (χ1n) is 14.8. The Morgan fingerprint density at radius 3 is 1.46 bits per heavy atom. The molecule has 46 heavy (non-hydrogen) atoms. The summed E-state index contributed by atoms with van der Waals surface area (Å²) in [6.07, 6.45) is 1.83. The molecule has 0 saturated carbocycles. The average Bonchev–Trinajstić information content (AvgIpc) is 3.40. The van der Waals surface area contributed by atoms with Gasteiger partial charge in [-0.15, -0.1) is 0 Å². The molecule has 0 fully saturated rings. The number of methoxy groups -OCH3 is 3. The number of carbonyl (C=O) groups excluding carboxylic acids is 3. The van der Waals surface area contributed by atoms with Crippen LogP contribution in [0.5, 0.6) is 0 Å². The van der Waals surface area contributed by atoms with Crippen LogP contribution < -0.4 is 0 Å². The Balaban J connectivity index is 1.75. The zero-order valence-electron chi connectivity index (χ0n) is 25.6. The van der Waals surface area contributed by atoms with Crippen LogP contribution in [-0.2, 0) is 33.3 Å². The van der Waals surface area contributed by atoms with Crippen molar-refractivity contribution in [1.29, 1.82) is 0 Å². The third-order valence-corrected chi connectivity index (χ3v) is 8.44. The van der Waals surface area contributed by atoms with Crippen molar-refractivity contribution in [3.8, 4) is 0 Å². The van der Waals surface area contributed by atoms with Crippen molar-refractivity contribution in [2.45, 2.75) is 17.4 Å². The number of allylic oxidation sites excluding steroid dienone is 2. The number of ether oxygens (including phenoxy) is 4. The van der Waals surface area contributed by atoms with E-state index < -0.39 is 40.9 Å². The van der Waals surface area contributed by atoms with Gasteiger partial charge in [-0.1, -0.05) is 121 Å². The summed E-state index contributed by atoms with van der Waals surface area (Å²) in [5.41, 5.74) is 1.62. The van der Waals surface area contributed by atoms with Crippen molar-refractivity contribution in [2.75, 3.05) is 21.3 Å². The maximum absolute atomic E-state index is 15.2. The highest BCUT2D eigenvalue weighted by Crippen LogP contribution is 2.52. The summed E-state index contributed by atoms with van der Waals surface area (Å²) in [5.74, 6) is -4.06. The molecular formula is C39H32O7. The second kappa shape index (κ2) is 12.7. The molecule has 1 aliphatic carbocycles. The Kier molecular flexibility index (Phi) is 8.40. The molecule has 230 valence electrons. The van der Waals surface area contributed by atoms with E-state index >= 15 is 4.79 Å². The Morgan fingerprint density at radius 1 is 0.630 bits per heavy atom. The highest BCUT2D eigenvalue weighted by atomic mass is 16.6. The number of rotatable bonds is 9. The fraction of sp³-hybridized carbons (Fsp3) is 0.154. The molecule has 2 aliphatic rings. The van der Waals surface area contributed by atoms with Gasteiger partial charge in [-0.05, 0) is 28.3 Å². The van der Waals surface area contributed by atoms with Crippen LogP contribution in [0.4, 0.5) is 0 Å². The lowest BCUT2D eigenvalue weighted by Crippen LogP contribution is -2.50. The lowest BCUT2D eigenvalue weighted by molar-refractivity contribution is -0.157. The predicted octanol–water partition coefficient (Wildman–Crippen LogP) is 6.43. The van der Waals surface area contributed by atoms with Crippen molar-refractivity contribution >= 4 is 17.7 Å². The maximum atomic E-state index is 15.2. The fourth-order valence-electron chi connectivity index (χ4n) is 6.53. The minimum Gasteiger partial charge on any atom is -0.496 e. The molecule has 1 heterocycles. The molecule has 0 radical (unpaired) electrons. The lowest BCUT2D eigenvalue weighted by atomic mass is 9.68. The molecule has 0 amide bonds.